The van der Waals surface area contributed by atoms with E-state index in [9.17, 15) is 14.4 Å². The molecule has 0 radical (unpaired) electrons. The van der Waals surface area contributed by atoms with Crippen molar-refractivity contribution in [3.8, 4) is 0 Å². The van der Waals surface area contributed by atoms with Crippen molar-refractivity contribution in [1.82, 2.24) is 21.3 Å². The number of imide groups is 1. The molecule has 2 heterocycles. The third-order valence-electron chi connectivity index (χ3n) is 1.71. The molecule has 2 aliphatic heterocycles. The molecule has 5 amide bonds. The zero-order valence-electron chi connectivity index (χ0n) is 5.88. The van der Waals surface area contributed by atoms with Crippen LogP contribution in [0.4, 0.5) is 9.59 Å². The van der Waals surface area contributed by atoms with Crippen LogP contribution < -0.4 is 21.3 Å². The van der Waals surface area contributed by atoms with Gasteiger partial charge in [-0.15, -0.1) is 0 Å². The lowest BCUT2D eigenvalue weighted by atomic mass is 10.2. The number of carbonyl (C=O) groups excluding carboxylic acids is 3. The van der Waals surface area contributed by atoms with Crippen LogP contribution in [0.25, 0.3) is 0 Å². The minimum atomic E-state index is -0.699. The molecule has 0 spiro atoms. The van der Waals surface area contributed by atoms with Crippen LogP contribution >= 0.6 is 0 Å². The Kier molecular flexibility index (Phi) is 1.20. The highest BCUT2D eigenvalue weighted by Gasteiger charge is 2.41. The number of carbonyl (C=O) groups is 3. The van der Waals surface area contributed by atoms with Crippen LogP contribution in [0.15, 0.2) is 0 Å². The third kappa shape index (κ3) is 0.865. The number of urea groups is 2. The Bertz CT molecular complexity index is 276. The number of fused-ring (bicyclic) bond motifs is 1. The molecule has 0 aromatic heterocycles. The molecule has 2 atom stereocenters. The van der Waals surface area contributed by atoms with Gasteiger partial charge in [-0.25, -0.2) is 9.59 Å². The summed E-state index contributed by atoms with van der Waals surface area (Å²) in [4.78, 5) is 32.4. The quantitative estimate of drug-likeness (QED) is 0.333. The molecule has 2 fully saturated rings. The molecule has 4 N–H and O–H groups in total. The normalized spacial score (nSPS) is 32.8. The smallest absolute Gasteiger partial charge is 0.323 e. The summed E-state index contributed by atoms with van der Waals surface area (Å²) >= 11 is 0. The van der Waals surface area contributed by atoms with E-state index in [1.54, 1.807) is 0 Å². The third-order valence-corrected chi connectivity index (χ3v) is 1.71. The Morgan fingerprint density at radius 3 is 2.33 bits per heavy atom. The lowest BCUT2D eigenvalue weighted by Gasteiger charge is -2.23. The van der Waals surface area contributed by atoms with Crippen molar-refractivity contribution in [1.29, 1.82) is 0 Å². The number of hydrogen-bond donors (Lipinski definition) is 4. The lowest BCUT2D eigenvalue weighted by molar-refractivity contribution is -0.122. The van der Waals surface area contributed by atoms with E-state index < -0.39 is 30.2 Å². The molecule has 7 nitrogen and oxygen atoms in total. The maximum absolute atomic E-state index is 11.0. The SMILES string of the molecule is O=C1NC(=O)[C@H]2NC(=O)N[C@H]2N1. The molecule has 0 bridgehead atoms. The highest BCUT2D eigenvalue weighted by Crippen LogP contribution is 2.02. The fraction of sp³-hybridized carbons (Fsp3) is 0.400. The van der Waals surface area contributed by atoms with Gasteiger partial charge in [-0.2, -0.15) is 0 Å². The molecule has 64 valence electrons. The minimum absolute atomic E-state index is 0.456. The molecule has 0 aliphatic carbocycles. The predicted octanol–water partition coefficient (Wildman–Crippen LogP) is -2.17. The molecule has 0 aromatic carbocycles. The van der Waals surface area contributed by atoms with Crippen molar-refractivity contribution < 1.29 is 14.4 Å². The predicted molar refractivity (Wildman–Crippen MR) is 35.9 cm³/mol. The second kappa shape index (κ2) is 2.10. The molecule has 12 heavy (non-hydrogen) atoms. The monoisotopic (exact) mass is 170 g/mol. The van der Waals surface area contributed by atoms with Crippen molar-refractivity contribution in [2.75, 3.05) is 0 Å². The molecule has 2 aliphatic rings. The van der Waals surface area contributed by atoms with E-state index in [4.69, 9.17) is 0 Å². The molecular weight excluding hydrogens is 164 g/mol. The summed E-state index contributed by atoms with van der Waals surface area (Å²) in [6, 6.07) is -1.75. The van der Waals surface area contributed by atoms with Crippen LogP contribution in [0, 0.1) is 0 Å². The van der Waals surface area contributed by atoms with Crippen molar-refractivity contribution in [2.24, 2.45) is 0 Å². The van der Waals surface area contributed by atoms with Crippen LogP contribution in [0.5, 0.6) is 0 Å². The molecule has 2 saturated heterocycles. The van der Waals surface area contributed by atoms with E-state index in [0.717, 1.165) is 0 Å². The van der Waals surface area contributed by atoms with Gasteiger partial charge < -0.3 is 16.0 Å². The largest absolute Gasteiger partial charge is 0.323 e. The first-order valence-electron chi connectivity index (χ1n) is 3.35. The number of rotatable bonds is 0. The first-order valence-corrected chi connectivity index (χ1v) is 3.35. The van der Waals surface area contributed by atoms with Gasteiger partial charge in [0.15, 0.2) is 0 Å². The van der Waals surface area contributed by atoms with E-state index in [1.165, 1.54) is 0 Å². The Morgan fingerprint density at radius 1 is 0.917 bits per heavy atom. The highest BCUT2D eigenvalue weighted by molar-refractivity contribution is 6.03. The van der Waals surface area contributed by atoms with Gasteiger partial charge in [0.1, 0.15) is 12.2 Å². The van der Waals surface area contributed by atoms with E-state index >= 15 is 0 Å². The van der Waals surface area contributed by atoms with Gasteiger partial charge >= 0.3 is 12.1 Å². The number of nitrogens with one attached hydrogen (secondary N) is 4. The maximum atomic E-state index is 11.0. The van der Waals surface area contributed by atoms with E-state index in [-0.39, 0.29) is 0 Å². The molecule has 0 unspecified atom stereocenters. The number of amides is 5. The van der Waals surface area contributed by atoms with Gasteiger partial charge in [0.05, 0.1) is 0 Å². The van der Waals surface area contributed by atoms with Crippen LogP contribution in [-0.4, -0.2) is 30.2 Å². The van der Waals surface area contributed by atoms with Gasteiger partial charge in [-0.1, -0.05) is 0 Å². The standard InChI is InChI=1S/C5H6N4O3/c10-3-1-2(7-4(11)6-1)8-5(12)9-3/h1-2H,(H2,6,7,11)(H2,8,9,10,12)/t1-,2-/m0/s1. The van der Waals surface area contributed by atoms with Gasteiger partial charge in [0.25, 0.3) is 5.91 Å². The Balaban J connectivity index is 2.20. The van der Waals surface area contributed by atoms with Gasteiger partial charge in [-0.05, 0) is 0 Å². The molecule has 0 aromatic rings. The zero-order valence-corrected chi connectivity index (χ0v) is 5.88. The summed E-state index contributed by atoms with van der Waals surface area (Å²) in [6.45, 7) is 0. The van der Waals surface area contributed by atoms with Crippen LogP contribution in [0.1, 0.15) is 0 Å². The molecular formula is C5H6N4O3. The van der Waals surface area contributed by atoms with Gasteiger partial charge in [0, 0.05) is 0 Å². The maximum Gasteiger partial charge on any atom is 0.323 e. The van der Waals surface area contributed by atoms with Gasteiger partial charge in [-0.3, -0.25) is 10.1 Å². The van der Waals surface area contributed by atoms with E-state index in [0.29, 0.717) is 0 Å². The molecule has 7 heteroatoms. The summed E-state index contributed by atoms with van der Waals surface area (Å²) in [5.74, 6) is -0.498. The van der Waals surface area contributed by atoms with Crippen molar-refractivity contribution in [2.45, 2.75) is 12.2 Å². The fourth-order valence-electron chi connectivity index (χ4n) is 1.19. The lowest BCUT2D eigenvalue weighted by Crippen LogP contribution is -2.64. The second-order valence-electron chi connectivity index (χ2n) is 2.54. The van der Waals surface area contributed by atoms with Crippen molar-refractivity contribution in [3.63, 3.8) is 0 Å². The highest BCUT2D eigenvalue weighted by atomic mass is 16.2. The molecule has 0 saturated carbocycles. The minimum Gasteiger partial charge on any atom is -0.323 e. The average molecular weight is 170 g/mol. The topological polar surface area (TPSA) is 99.3 Å². The van der Waals surface area contributed by atoms with Crippen LogP contribution in [0.3, 0.4) is 0 Å². The first kappa shape index (κ1) is 6.89. The summed E-state index contributed by atoms with van der Waals surface area (Å²) in [5, 5.41) is 9.12. The summed E-state index contributed by atoms with van der Waals surface area (Å²) in [7, 11) is 0. The first-order chi connectivity index (χ1) is 5.66. The van der Waals surface area contributed by atoms with Crippen LogP contribution in [0.2, 0.25) is 0 Å². The van der Waals surface area contributed by atoms with E-state index in [2.05, 4.69) is 16.0 Å². The average Bonchev–Trinajstić information content (AvgIpc) is 2.29. The van der Waals surface area contributed by atoms with Gasteiger partial charge in [0.2, 0.25) is 0 Å². The van der Waals surface area contributed by atoms with Crippen molar-refractivity contribution >= 4 is 18.0 Å². The fourth-order valence-corrected chi connectivity index (χ4v) is 1.19. The van der Waals surface area contributed by atoms with Crippen molar-refractivity contribution in [3.05, 3.63) is 0 Å². The second-order valence-corrected chi connectivity index (χ2v) is 2.54. The van der Waals surface area contributed by atoms with Crippen LogP contribution in [-0.2, 0) is 4.79 Å². The Morgan fingerprint density at radius 2 is 1.58 bits per heavy atom. The van der Waals surface area contributed by atoms with E-state index in [1.807, 2.05) is 5.32 Å². The Hall–Kier alpha value is -1.79. The Labute approximate surface area is 66.9 Å². The zero-order chi connectivity index (χ0) is 8.72. The summed E-state index contributed by atoms with van der Waals surface area (Å²) in [5.41, 5.74) is 0. The summed E-state index contributed by atoms with van der Waals surface area (Å²) < 4.78 is 0. The molecule has 2 rings (SSSR count). The summed E-state index contributed by atoms with van der Waals surface area (Å²) in [6.07, 6.45) is -0.626. The number of hydrogen-bond acceptors (Lipinski definition) is 3.